The summed E-state index contributed by atoms with van der Waals surface area (Å²) >= 11 is 0. The predicted molar refractivity (Wildman–Crippen MR) is 73.9 cm³/mol. The average molecular weight is 288 g/mol. The number of carbonyl (C=O) groups excluding carboxylic acids is 2. The summed E-state index contributed by atoms with van der Waals surface area (Å²) in [6.07, 6.45) is 0. The molecule has 0 bridgehead atoms. The number of Topliss-reactive ketones (excluding diaryl/α,β-unsaturated/α-hetero) is 1. The normalized spacial score (nSPS) is 10.2. The Morgan fingerprint density at radius 3 is 2.52 bits per heavy atom. The number of aromatic hydroxyl groups is 1. The van der Waals surface area contributed by atoms with Crippen LogP contribution in [0.4, 0.5) is 4.39 Å². The molecule has 2 rings (SSSR count). The lowest BCUT2D eigenvalue weighted by Gasteiger charge is -2.07. The monoisotopic (exact) mass is 288 g/mol. The minimum absolute atomic E-state index is 0.0399. The van der Waals surface area contributed by atoms with Crippen molar-refractivity contribution in [2.75, 3.05) is 6.61 Å². The lowest BCUT2D eigenvalue weighted by atomic mass is 10.1. The van der Waals surface area contributed by atoms with Gasteiger partial charge in [0.2, 0.25) is 5.78 Å². The fraction of sp³-hybridized carbons (Fsp3) is 0.125. The van der Waals surface area contributed by atoms with Gasteiger partial charge in [0.15, 0.2) is 6.61 Å². The average Bonchev–Trinajstić information content (AvgIpc) is 2.45. The van der Waals surface area contributed by atoms with Crippen LogP contribution in [-0.4, -0.2) is 23.5 Å². The van der Waals surface area contributed by atoms with Crippen LogP contribution in [0.2, 0.25) is 0 Å². The Bertz CT molecular complexity index is 694. The van der Waals surface area contributed by atoms with Gasteiger partial charge in [0.05, 0.1) is 5.56 Å². The molecular formula is C16H13FO4. The minimum atomic E-state index is -0.836. The van der Waals surface area contributed by atoms with Gasteiger partial charge in [0, 0.05) is 0 Å². The standard InChI is InChI=1S/C16H13FO4/c1-10-6-7-12(14(18)8-10)16(20)21-9-15(19)11-4-2-3-5-13(11)17/h2-8,18H,9H2,1H3. The third kappa shape index (κ3) is 3.45. The fourth-order valence-electron chi connectivity index (χ4n) is 1.79. The van der Waals surface area contributed by atoms with Crippen LogP contribution < -0.4 is 0 Å². The molecule has 0 spiro atoms. The van der Waals surface area contributed by atoms with E-state index in [1.54, 1.807) is 13.0 Å². The zero-order valence-corrected chi connectivity index (χ0v) is 11.3. The molecule has 21 heavy (non-hydrogen) atoms. The Morgan fingerprint density at radius 2 is 1.86 bits per heavy atom. The molecular weight excluding hydrogens is 275 g/mol. The summed E-state index contributed by atoms with van der Waals surface area (Å²) in [5.41, 5.74) is 0.604. The van der Waals surface area contributed by atoms with E-state index >= 15 is 0 Å². The van der Waals surface area contributed by atoms with E-state index in [4.69, 9.17) is 4.74 Å². The molecule has 4 nitrogen and oxygen atoms in total. The first-order chi connectivity index (χ1) is 9.99. The molecule has 0 heterocycles. The number of phenolic OH excluding ortho intramolecular Hbond substituents is 1. The molecule has 108 valence electrons. The topological polar surface area (TPSA) is 63.6 Å². The second-order valence-electron chi connectivity index (χ2n) is 4.50. The van der Waals surface area contributed by atoms with Crippen LogP contribution in [0.3, 0.4) is 0 Å². The molecule has 0 radical (unpaired) electrons. The van der Waals surface area contributed by atoms with Crippen molar-refractivity contribution in [1.29, 1.82) is 0 Å². The number of hydrogen-bond donors (Lipinski definition) is 1. The predicted octanol–water partition coefficient (Wildman–Crippen LogP) is 2.88. The molecule has 0 aliphatic carbocycles. The molecule has 2 aromatic rings. The first-order valence-electron chi connectivity index (χ1n) is 6.23. The van der Waals surface area contributed by atoms with Crippen molar-refractivity contribution >= 4 is 11.8 Å². The summed E-state index contributed by atoms with van der Waals surface area (Å²) in [6.45, 7) is 1.17. The SMILES string of the molecule is Cc1ccc(C(=O)OCC(=O)c2ccccc2F)c(O)c1. The van der Waals surface area contributed by atoms with Crippen LogP contribution >= 0.6 is 0 Å². The lowest BCUT2D eigenvalue weighted by molar-refractivity contribution is 0.0470. The second-order valence-corrected chi connectivity index (χ2v) is 4.50. The summed E-state index contributed by atoms with van der Waals surface area (Å²) < 4.78 is 18.2. The van der Waals surface area contributed by atoms with Gasteiger partial charge in [-0.15, -0.1) is 0 Å². The van der Waals surface area contributed by atoms with E-state index in [1.165, 1.54) is 30.3 Å². The molecule has 0 aliphatic heterocycles. The van der Waals surface area contributed by atoms with Crippen LogP contribution in [0.1, 0.15) is 26.3 Å². The van der Waals surface area contributed by atoms with Gasteiger partial charge >= 0.3 is 5.97 Å². The highest BCUT2D eigenvalue weighted by Gasteiger charge is 2.16. The number of aryl methyl sites for hydroxylation is 1. The number of rotatable bonds is 4. The molecule has 0 aromatic heterocycles. The van der Waals surface area contributed by atoms with Crippen molar-refractivity contribution in [3.8, 4) is 5.75 Å². The highest BCUT2D eigenvalue weighted by molar-refractivity contribution is 6.00. The summed E-state index contributed by atoms with van der Waals surface area (Å²) in [5.74, 6) is -2.37. The third-order valence-electron chi connectivity index (χ3n) is 2.88. The van der Waals surface area contributed by atoms with Gasteiger partial charge in [-0.1, -0.05) is 18.2 Å². The van der Waals surface area contributed by atoms with Gasteiger partial charge in [0.25, 0.3) is 0 Å². The van der Waals surface area contributed by atoms with E-state index in [0.29, 0.717) is 0 Å². The van der Waals surface area contributed by atoms with Gasteiger partial charge in [-0.25, -0.2) is 9.18 Å². The number of esters is 1. The number of benzene rings is 2. The molecule has 0 amide bonds. The molecule has 0 saturated heterocycles. The van der Waals surface area contributed by atoms with Crippen molar-refractivity contribution in [3.63, 3.8) is 0 Å². The molecule has 0 fully saturated rings. The highest BCUT2D eigenvalue weighted by Crippen LogP contribution is 2.19. The number of ether oxygens (including phenoxy) is 1. The number of hydrogen-bond acceptors (Lipinski definition) is 4. The van der Waals surface area contributed by atoms with Crippen LogP contribution in [0.5, 0.6) is 5.75 Å². The number of carbonyl (C=O) groups is 2. The Labute approximate surface area is 120 Å². The Kier molecular flexibility index (Phi) is 4.33. The molecule has 2 aromatic carbocycles. The van der Waals surface area contributed by atoms with Crippen molar-refractivity contribution in [2.45, 2.75) is 6.92 Å². The van der Waals surface area contributed by atoms with E-state index < -0.39 is 24.2 Å². The third-order valence-corrected chi connectivity index (χ3v) is 2.88. The van der Waals surface area contributed by atoms with Crippen molar-refractivity contribution < 1.29 is 23.8 Å². The van der Waals surface area contributed by atoms with E-state index in [1.807, 2.05) is 0 Å². The maximum absolute atomic E-state index is 13.4. The smallest absolute Gasteiger partial charge is 0.342 e. The molecule has 1 N–H and O–H groups in total. The van der Waals surface area contributed by atoms with Crippen molar-refractivity contribution in [2.24, 2.45) is 0 Å². The van der Waals surface area contributed by atoms with Crippen LogP contribution in [0, 0.1) is 12.7 Å². The van der Waals surface area contributed by atoms with Crippen LogP contribution in [0.15, 0.2) is 42.5 Å². The van der Waals surface area contributed by atoms with Gasteiger partial charge in [-0.05, 0) is 36.8 Å². The van der Waals surface area contributed by atoms with Crippen LogP contribution in [0.25, 0.3) is 0 Å². The molecule has 0 aliphatic rings. The Hall–Kier alpha value is -2.69. The molecule has 0 unspecified atom stereocenters. The Balaban J connectivity index is 2.04. The lowest BCUT2D eigenvalue weighted by Crippen LogP contribution is -2.15. The van der Waals surface area contributed by atoms with Crippen molar-refractivity contribution in [1.82, 2.24) is 0 Å². The summed E-state index contributed by atoms with van der Waals surface area (Å²) in [5, 5.41) is 9.64. The van der Waals surface area contributed by atoms with Crippen molar-refractivity contribution in [3.05, 3.63) is 65.0 Å². The van der Waals surface area contributed by atoms with Gasteiger partial charge in [0.1, 0.15) is 17.1 Å². The van der Waals surface area contributed by atoms with Gasteiger partial charge in [-0.2, -0.15) is 0 Å². The first-order valence-corrected chi connectivity index (χ1v) is 6.23. The summed E-state index contributed by atoms with van der Waals surface area (Å²) in [7, 11) is 0. The van der Waals surface area contributed by atoms with Crippen LogP contribution in [-0.2, 0) is 4.74 Å². The second kappa shape index (κ2) is 6.17. The van der Waals surface area contributed by atoms with E-state index in [-0.39, 0.29) is 16.9 Å². The molecule has 5 heteroatoms. The van der Waals surface area contributed by atoms with Gasteiger partial charge < -0.3 is 9.84 Å². The van der Waals surface area contributed by atoms with Gasteiger partial charge in [-0.3, -0.25) is 4.79 Å². The largest absolute Gasteiger partial charge is 0.507 e. The molecule has 0 saturated carbocycles. The maximum atomic E-state index is 13.4. The van der Waals surface area contributed by atoms with E-state index in [0.717, 1.165) is 11.6 Å². The fourth-order valence-corrected chi connectivity index (χ4v) is 1.79. The zero-order chi connectivity index (χ0) is 15.4. The zero-order valence-electron chi connectivity index (χ0n) is 11.3. The summed E-state index contributed by atoms with van der Waals surface area (Å²) in [6, 6.07) is 9.90. The summed E-state index contributed by atoms with van der Waals surface area (Å²) in [4.78, 5) is 23.5. The maximum Gasteiger partial charge on any atom is 0.342 e. The minimum Gasteiger partial charge on any atom is -0.507 e. The number of halogens is 1. The highest BCUT2D eigenvalue weighted by atomic mass is 19.1. The van der Waals surface area contributed by atoms with E-state index in [2.05, 4.69) is 0 Å². The Morgan fingerprint density at radius 1 is 1.14 bits per heavy atom. The quantitative estimate of drug-likeness (QED) is 0.694. The molecule has 0 atom stereocenters. The number of phenols is 1. The van der Waals surface area contributed by atoms with E-state index in [9.17, 15) is 19.1 Å². The first kappa shape index (κ1) is 14.7. The number of ketones is 1.